The van der Waals surface area contributed by atoms with Crippen molar-refractivity contribution >= 4 is 19.3 Å². The van der Waals surface area contributed by atoms with Crippen LogP contribution in [0.15, 0.2) is 24.3 Å². The van der Waals surface area contributed by atoms with Crippen LogP contribution in [0.4, 0.5) is 0 Å². The van der Waals surface area contributed by atoms with Gasteiger partial charge in [0.05, 0.1) is 5.92 Å². The maximum atomic E-state index is 12.2. The van der Waals surface area contributed by atoms with Gasteiger partial charge in [0.25, 0.3) is 0 Å². The molecule has 0 amide bonds. The van der Waals surface area contributed by atoms with E-state index in [9.17, 15) is 19.0 Å². The highest BCUT2D eigenvalue weighted by Crippen LogP contribution is 2.43. The molecule has 1 aromatic carbocycles. The number of carbonyl (C=O) groups is 2. The number of hydrogen-bond acceptors (Lipinski definition) is 4. The highest BCUT2D eigenvalue weighted by molar-refractivity contribution is 7.57. The molecule has 0 radical (unpaired) electrons. The fourth-order valence-corrected chi connectivity index (χ4v) is 3.75. The maximum absolute atomic E-state index is 12.2. The topological polar surface area (TPSA) is 121 Å². The Hall–Kier alpha value is -1.85. The van der Waals surface area contributed by atoms with E-state index in [1.54, 1.807) is 12.1 Å². The molecule has 0 aliphatic carbocycles. The van der Waals surface area contributed by atoms with E-state index in [1.165, 1.54) is 0 Å². The normalized spacial score (nSPS) is 14.6. The summed E-state index contributed by atoms with van der Waals surface area (Å²) in [7, 11) is -3.86. The molecule has 134 valence electrons. The largest absolute Gasteiger partial charge is 0.483 e. The summed E-state index contributed by atoms with van der Waals surface area (Å²) in [6.45, 7) is 2.01. The molecule has 3 N–H and O–H groups in total. The second-order valence-corrected chi connectivity index (χ2v) is 7.94. The highest BCUT2D eigenvalue weighted by atomic mass is 31.2. The van der Waals surface area contributed by atoms with Crippen LogP contribution >= 0.6 is 7.37 Å². The fraction of sp³-hybridized carbons (Fsp3) is 0.500. The predicted octanol–water partition coefficient (Wildman–Crippen LogP) is 2.81. The summed E-state index contributed by atoms with van der Waals surface area (Å²) in [6, 6.07) is 7.17. The number of hydrogen-bond donors (Lipinski definition) is 3. The predicted molar refractivity (Wildman–Crippen MR) is 88.6 cm³/mol. The quantitative estimate of drug-likeness (QED) is 0.520. The standard InChI is InChI=1S/C16H23O7P/c1-2-5-12-6-3-4-7-14(12)23-11-24(21,22)10-13(16(19)20)8-9-15(17)18/h3-4,6-7,13H,2,5,8-11H2,1H3,(H,17,18)(H,19,20)(H,21,22). The van der Waals surface area contributed by atoms with Crippen molar-refractivity contribution in [3.05, 3.63) is 29.8 Å². The van der Waals surface area contributed by atoms with Crippen molar-refractivity contribution in [1.82, 2.24) is 0 Å². The van der Waals surface area contributed by atoms with Crippen molar-refractivity contribution in [1.29, 1.82) is 0 Å². The van der Waals surface area contributed by atoms with Crippen molar-refractivity contribution in [3.8, 4) is 5.75 Å². The summed E-state index contributed by atoms with van der Waals surface area (Å²) < 4.78 is 17.7. The van der Waals surface area contributed by atoms with Crippen molar-refractivity contribution in [3.63, 3.8) is 0 Å². The molecule has 2 atom stereocenters. The summed E-state index contributed by atoms with van der Waals surface area (Å²) in [4.78, 5) is 31.7. The summed E-state index contributed by atoms with van der Waals surface area (Å²) in [5.74, 6) is -3.10. The van der Waals surface area contributed by atoms with Crippen LogP contribution in [0.5, 0.6) is 5.75 Å². The van der Waals surface area contributed by atoms with Crippen molar-refractivity contribution in [2.24, 2.45) is 5.92 Å². The van der Waals surface area contributed by atoms with Crippen molar-refractivity contribution < 1.29 is 34.0 Å². The van der Waals surface area contributed by atoms with E-state index in [2.05, 4.69) is 0 Å². The lowest BCUT2D eigenvalue weighted by Crippen LogP contribution is -2.21. The Morgan fingerprint density at radius 3 is 2.50 bits per heavy atom. The molecule has 2 unspecified atom stereocenters. The highest BCUT2D eigenvalue weighted by Gasteiger charge is 2.30. The van der Waals surface area contributed by atoms with Gasteiger partial charge in [0.1, 0.15) is 5.75 Å². The Bertz CT molecular complexity index is 614. The van der Waals surface area contributed by atoms with E-state index in [1.807, 2.05) is 19.1 Å². The average molecular weight is 358 g/mol. The van der Waals surface area contributed by atoms with Gasteiger partial charge < -0.3 is 19.8 Å². The zero-order chi connectivity index (χ0) is 18.2. The average Bonchev–Trinajstić information content (AvgIpc) is 2.50. The van der Waals surface area contributed by atoms with E-state index in [-0.39, 0.29) is 12.8 Å². The maximum Gasteiger partial charge on any atom is 0.307 e. The van der Waals surface area contributed by atoms with Gasteiger partial charge in [-0.1, -0.05) is 31.5 Å². The Balaban J connectivity index is 2.69. The number of carboxylic acids is 2. The van der Waals surface area contributed by atoms with Crippen LogP contribution in [-0.2, 0) is 20.6 Å². The molecular formula is C16H23O7P. The Morgan fingerprint density at radius 1 is 1.25 bits per heavy atom. The third kappa shape index (κ3) is 7.15. The van der Waals surface area contributed by atoms with Gasteiger partial charge in [-0.3, -0.25) is 14.2 Å². The van der Waals surface area contributed by atoms with Crippen LogP contribution in [0.1, 0.15) is 31.7 Å². The molecule has 1 aromatic rings. The Labute approximate surface area is 140 Å². The lowest BCUT2D eigenvalue weighted by molar-refractivity contribution is -0.142. The van der Waals surface area contributed by atoms with E-state index in [0.717, 1.165) is 18.4 Å². The fourth-order valence-electron chi connectivity index (χ4n) is 2.28. The first-order valence-corrected chi connectivity index (χ1v) is 9.74. The zero-order valence-electron chi connectivity index (χ0n) is 13.6. The molecule has 0 aromatic heterocycles. The third-order valence-corrected chi connectivity index (χ3v) is 5.02. The number of para-hydroxylation sites is 1. The van der Waals surface area contributed by atoms with Gasteiger partial charge in [-0.25, -0.2) is 0 Å². The van der Waals surface area contributed by atoms with Crippen LogP contribution in [0.25, 0.3) is 0 Å². The lowest BCUT2D eigenvalue weighted by Gasteiger charge is -2.18. The molecule has 0 aliphatic rings. The van der Waals surface area contributed by atoms with E-state index in [0.29, 0.717) is 5.75 Å². The van der Waals surface area contributed by atoms with Crippen LogP contribution in [0.3, 0.4) is 0 Å². The minimum atomic E-state index is -3.86. The minimum absolute atomic E-state index is 0.193. The summed E-state index contributed by atoms with van der Waals surface area (Å²) >= 11 is 0. The summed E-state index contributed by atoms with van der Waals surface area (Å²) in [5.41, 5.74) is 0.917. The Kier molecular flexibility index (Phi) is 7.95. The molecule has 8 heteroatoms. The first kappa shape index (κ1) is 20.2. The van der Waals surface area contributed by atoms with Crippen LogP contribution in [0, 0.1) is 5.92 Å². The van der Waals surface area contributed by atoms with E-state index < -0.39 is 37.7 Å². The monoisotopic (exact) mass is 358 g/mol. The number of benzene rings is 1. The number of carboxylic acid groups (broad SMARTS) is 2. The van der Waals surface area contributed by atoms with E-state index in [4.69, 9.17) is 14.9 Å². The van der Waals surface area contributed by atoms with Crippen molar-refractivity contribution in [2.75, 3.05) is 12.5 Å². The summed E-state index contributed by atoms with van der Waals surface area (Å²) in [6.07, 6.45) is 0.102. The SMILES string of the molecule is CCCc1ccccc1OCP(=O)(O)CC(CCC(=O)O)C(=O)O. The molecule has 0 spiro atoms. The van der Waals surface area contributed by atoms with Crippen molar-refractivity contribution in [2.45, 2.75) is 32.6 Å². The van der Waals surface area contributed by atoms with Gasteiger partial charge in [-0.2, -0.15) is 0 Å². The molecule has 1 rings (SSSR count). The molecule has 0 fully saturated rings. The van der Waals surface area contributed by atoms with Crippen LogP contribution in [-0.4, -0.2) is 39.6 Å². The van der Waals surface area contributed by atoms with Gasteiger partial charge >= 0.3 is 11.9 Å². The molecule has 0 aliphatic heterocycles. The molecule has 0 saturated carbocycles. The van der Waals surface area contributed by atoms with E-state index >= 15 is 0 Å². The number of aryl methyl sites for hydroxylation is 1. The number of ether oxygens (including phenoxy) is 1. The molecule has 7 nitrogen and oxygen atoms in total. The summed E-state index contributed by atoms with van der Waals surface area (Å²) in [5, 5.41) is 17.7. The molecular weight excluding hydrogens is 335 g/mol. The molecule has 0 bridgehead atoms. The Morgan fingerprint density at radius 2 is 1.92 bits per heavy atom. The minimum Gasteiger partial charge on any atom is -0.483 e. The smallest absolute Gasteiger partial charge is 0.307 e. The second-order valence-electron chi connectivity index (χ2n) is 5.63. The lowest BCUT2D eigenvalue weighted by atomic mass is 10.1. The molecule has 24 heavy (non-hydrogen) atoms. The van der Waals surface area contributed by atoms with Gasteiger partial charge in [0.15, 0.2) is 6.35 Å². The van der Waals surface area contributed by atoms with Gasteiger partial charge in [-0.05, 0) is 24.5 Å². The third-order valence-electron chi connectivity index (χ3n) is 3.48. The van der Waals surface area contributed by atoms with Crippen LogP contribution < -0.4 is 4.74 Å². The van der Waals surface area contributed by atoms with Gasteiger partial charge in [0.2, 0.25) is 7.37 Å². The second kappa shape index (κ2) is 9.45. The molecule has 0 heterocycles. The zero-order valence-corrected chi connectivity index (χ0v) is 14.4. The first-order valence-electron chi connectivity index (χ1n) is 7.71. The first-order chi connectivity index (χ1) is 11.2. The number of aliphatic carboxylic acids is 2. The van der Waals surface area contributed by atoms with Gasteiger partial charge in [0, 0.05) is 12.6 Å². The molecule has 0 saturated heterocycles. The number of rotatable bonds is 11. The van der Waals surface area contributed by atoms with Gasteiger partial charge in [-0.15, -0.1) is 0 Å². The van der Waals surface area contributed by atoms with Crippen LogP contribution in [0.2, 0.25) is 0 Å².